The van der Waals surface area contributed by atoms with E-state index in [1.807, 2.05) is 26.8 Å². The van der Waals surface area contributed by atoms with Gasteiger partial charge in [0, 0.05) is 18.9 Å². The van der Waals surface area contributed by atoms with Crippen molar-refractivity contribution < 1.29 is 23.1 Å². The molecule has 25 heavy (non-hydrogen) atoms. The first-order valence-corrected chi connectivity index (χ1v) is 10.8. The van der Waals surface area contributed by atoms with E-state index in [9.17, 15) is 9.36 Å². The molecule has 0 radical (unpaired) electrons. The summed E-state index contributed by atoms with van der Waals surface area (Å²) in [6, 6.07) is 0. The second-order valence-corrected chi connectivity index (χ2v) is 9.15. The highest BCUT2D eigenvalue weighted by atomic mass is 31.2. The van der Waals surface area contributed by atoms with Gasteiger partial charge in [-0.25, -0.2) is 4.79 Å². The number of hydrogen-bond donors (Lipinski definition) is 0. The average Bonchev–Trinajstić information content (AvgIpc) is 2.72. The van der Waals surface area contributed by atoms with Crippen LogP contribution in [0, 0.1) is 5.92 Å². The standard InChI is InChI=1S/C18H34NO5P/c1-6-22-25(21,23-7-2)15-9-11-16-10-8-13-19(14-12-16)17(20)24-18(3,4)5/h9,15-16H,6-8,10-14H2,1-5H3. The fourth-order valence-corrected chi connectivity index (χ4v) is 4.12. The molecule has 0 N–H and O–H groups in total. The van der Waals surface area contributed by atoms with E-state index in [0.29, 0.717) is 25.7 Å². The molecule has 1 atom stereocenters. The number of carbonyl (C=O) groups excluding carboxylic acids is 1. The van der Waals surface area contributed by atoms with Crippen molar-refractivity contribution in [2.45, 2.75) is 65.9 Å². The van der Waals surface area contributed by atoms with E-state index in [-0.39, 0.29) is 6.09 Å². The number of rotatable bonds is 7. The fraction of sp³-hybridized carbons (Fsp3) is 0.833. The van der Waals surface area contributed by atoms with E-state index in [0.717, 1.165) is 32.2 Å². The molecule has 0 aromatic heterocycles. The van der Waals surface area contributed by atoms with Gasteiger partial charge in [-0.05, 0) is 66.2 Å². The summed E-state index contributed by atoms with van der Waals surface area (Å²) in [6.45, 7) is 11.4. The summed E-state index contributed by atoms with van der Waals surface area (Å²) in [5.41, 5.74) is -0.467. The lowest BCUT2D eigenvalue weighted by Gasteiger charge is -2.26. The van der Waals surface area contributed by atoms with E-state index in [1.54, 1.807) is 24.6 Å². The average molecular weight is 375 g/mol. The van der Waals surface area contributed by atoms with Crippen molar-refractivity contribution in [1.82, 2.24) is 4.90 Å². The third-order valence-electron chi connectivity index (χ3n) is 3.87. The normalized spacial score (nSPS) is 19.9. The van der Waals surface area contributed by atoms with Gasteiger partial charge in [-0.1, -0.05) is 6.08 Å². The smallest absolute Gasteiger partial charge is 0.410 e. The lowest BCUT2D eigenvalue weighted by Crippen LogP contribution is -2.37. The van der Waals surface area contributed by atoms with Crippen LogP contribution in [0.25, 0.3) is 0 Å². The lowest BCUT2D eigenvalue weighted by molar-refractivity contribution is 0.0255. The molecule has 146 valence electrons. The maximum absolute atomic E-state index is 12.4. The van der Waals surface area contributed by atoms with Crippen molar-refractivity contribution in [1.29, 1.82) is 0 Å². The second kappa shape index (κ2) is 10.3. The van der Waals surface area contributed by atoms with Gasteiger partial charge in [0.15, 0.2) is 0 Å². The summed E-state index contributed by atoms with van der Waals surface area (Å²) in [7, 11) is -3.11. The van der Waals surface area contributed by atoms with E-state index in [1.165, 1.54) is 0 Å². The quantitative estimate of drug-likeness (QED) is 0.573. The van der Waals surface area contributed by atoms with Crippen LogP contribution < -0.4 is 0 Å². The molecule has 0 aromatic rings. The van der Waals surface area contributed by atoms with Gasteiger partial charge >= 0.3 is 13.7 Å². The zero-order valence-corrected chi connectivity index (χ0v) is 17.2. The Morgan fingerprint density at radius 2 is 1.80 bits per heavy atom. The van der Waals surface area contributed by atoms with Crippen LogP contribution in [0.1, 0.15) is 60.3 Å². The first-order valence-electron chi connectivity index (χ1n) is 9.23. The van der Waals surface area contributed by atoms with Crippen LogP contribution in [0.3, 0.4) is 0 Å². The number of allylic oxidation sites excluding steroid dienone is 1. The predicted octanol–water partition coefficient (Wildman–Crippen LogP) is 5.19. The van der Waals surface area contributed by atoms with Crippen molar-refractivity contribution in [2.24, 2.45) is 5.92 Å². The third-order valence-corrected chi connectivity index (χ3v) is 5.69. The van der Waals surface area contributed by atoms with Crippen LogP contribution >= 0.6 is 7.60 Å². The number of carbonyl (C=O) groups is 1. The van der Waals surface area contributed by atoms with Gasteiger partial charge in [-0.3, -0.25) is 4.57 Å². The highest BCUT2D eigenvalue weighted by molar-refractivity contribution is 7.57. The third kappa shape index (κ3) is 8.89. The molecule has 1 fully saturated rings. The minimum absolute atomic E-state index is 0.235. The molecule has 1 aliphatic rings. The molecule has 0 spiro atoms. The van der Waals surface area contributed by atoms with Crippen LogP contribution in [0.5, 0.6) is 0 Å². The summed E-state index contributed by atoms with van der Waals surface area (Å²) >= 11 is 0. The van der Waals surface area contributed by atoms with Gasteiger partial charge in [0.05, 0.1) is 13.2 Å². The van der Waals surface area contributed by atoms with Crippen molar-refractivity contribution >= 4 is 13.7 Å². The molecule has 7 heteroatoms. The molecule has 6 nitrogen and oxygen atoms in total. The van der Waals surface area contributed by atoms with Crippen LogP contribution in [0.4, 0.5) is 4.79 Å². The molecule has 0 bridgehead atoms. The predicted molar refractivity (Wildman–Crippen MR) is 99.8 cm³/mol. The SMILES string of the molecule is CCOP(=O)(C=CCC1CCCN(C(=O)OC(C)(C)C)CC1)OCC. The Morgan fingerprint density at radius 1 is 1.16 bits per heavy atom. The zero-order chi connectivity index (χ0) is 18.9. The molecule has 1 unspecified atom stereocenters. The lowest BCUT2D eigenvalue weighted by atomic mass is 9.97. The summed E-state index contributed by atoms with van der Waals surface area (Å²) in [4.78, 5) is 14.0. The molecule has 0 aliphatic carbocycles. The van der Waals surface area contributed by atoms with Gasteiger partial charge in [-0.2, -0.15) is 0 Å². The number of ether oxygens (including phenoxy) is 1. The maximum atomic E-state index is 12.4. The van der Waals surface area contributed by atoms with Gasteiger partial charge in [0.25, 0.3) is 0 Å². The van der Waals surface area contributed by atoms with Crippen LogP contribution in [-0.4, -0.2) is 42.9 Å². The Kier molecular flexibility index (Phi) is 9.19. The Bertz CT molecular complexity index is 476. The molecule has 0 saturated carbocycles. The van der Waals surface area contributed by atoms with Crippen molar-refractivity contribution in [2.75, 3.05) is 26.3 Å². The Balaban J connectivity index is 2.51. The van der Waals surface area contributed by atoms with Gasteiger partial charge in [0.2, 0.25) is 0 Å². The van der Waals surface area contributed by atoms with E-state index in [2.05, 4.69) is 0 Å². The Hall–Kier alpha value is -0.840. The van der Waals surface area contributed by atoms with Crippen molar-refractivity contribution in [3.05, 3.63) is 11.9 Å². The van der Waals surface area contributed by atoms with Gasteiger partial charge < -0.3 is 18.7 Å². The first kappa shape index (κ1) is 22.2. The molecule has 1 rings (SSSR count). The molecule has 1 saturated heterocycles. The highest BCUT2D eigenvalue weighted by Crippen LogP contribution is 2.49. The molecule has 1 heterocycles. The molecular formula is C18H34NO5P. The minimum Gasteiger partial charge on any atom is -0.444 e. The minimum atomic E-state index is -3.11. The summed E-state index contributed by atoms with van der Waals surface area (Å²) < 4.78 is 28.4. The fourth-order valence-electron chi connectivity index (χ4n) is 2.78. The monoisotopic (exact) mass is 375 g/mol. The Morgan fingerprint density at radius 3 is 2.36 bits per heavy atom. The number of likely N-dealkylation sites (tertiary alicyclic amines) is 1. The Labute approximate surface area is 152 Å². The van der Waals surface area contributed by atoms with Crippen LogP contribution in [-0.2, 0) is 18.3 Å². The number of nitrogens with zero attached hydrogens (tertiary/aromatic N) is 1. The largest absolute Gasteiger partial charge is 0.444 e. The number of amides is 1. The summed E-state index contributed by atoms with van der Waals surface area (Å²) in [5, 5.41) is 0. The maximum Gasteiger partial charge on any atom is 0.410 e. The topological polar surface area (TPSA) is 65.1 Å². The van der Waals surface area contributed by atoms with Gasteiger partial charge in [0.1, 0.15) is 5.60 Å². The zero-order valence-electron chi connectivity index (χ0n) is 16.3. The second-order valence-electron chi connectivity index (χ2n) is 7.26. The van der Waals surface area contributed by atoms with E-state index in [4.69, 9.17) is 13.8 Å². The van der Waals surface area contributed by atoms with E-state index >= 15 is 0 Å². The summed E-state index contributed by atoms with van der Waals surface area (Å²) in [5.74, 6) is 2.04. The molecular weight excluding hydrogens is 341 g/mol. The van der Waals surface area contributed by atoms with Crippen LogP contribution in [0.2, 0.25) is 0 Å². The van der Waals surface area contributed by atoms with E-state index < -0.39 is 13.2 Å². The van der Waals surface area contributed by atoms with Gasteiger partial charge in [-0.15, -0.1) is 0 Å². The highest BCUT2D eigenvalue weighted by Gasteiger charge is 2.25. The molecule has 1 amide bonds. The first-order chi connectivity index (χ1) is 11.7. The molecule has 0 aromatic carbocycles. The summed E-state index contributed by atoms with van der Waals surface area (Å²) in [6.07, 6.45) is 5.38. The number of hydrogen-bond acceptors (Lipinski definition) is 5. The van der Waals surface area contributed by atoms with Crippen molar-refractivity contribution in [3.8, 4) is 0 Å². The van der Waals surface area contributed by atoms with Crippen LogP contribution in [0.15, 0.2) is 11.9 Å². The molecule has 1 aliphatic heterocycles. The van der Waals surface area contributed by atoms with Crippen molar-refractivity contribution in [3.63, 3.8) is 0 Å².